The van der Waals surface area contributed by atoms with Gasteiger partial charge in [-0.1, -0.05) is 0 Å². The van der Waals surface area contributed by atoms with Crippen LogP contribution in [-0.2, 0) is 0 Å². The number of anilines is 1. The predicted octanol–water partition coefficient (Wildman–Crippen LogP) is 2.79. The van der Waals surface area contributed by atoms with E-state index >= 15 is 0 Å². The largest absolute Gasteiger partial charge is 0.383 e. The monoisotopic (exact) mass is 195 g/mol. The third-order valence-corrected chi connectivity index (χ3v) is 1.74. The summed E-state index contributed by atoms with van der Waals surface area (Å²) in [5.41, 5.74) is 0.309. The molecular formula is C11H11F2N. The fourth-order valence-corrected chi connectivity index (χ4v) is 1.05. The minimum Gasteiger partial charge on any atom is -0.383 e. The Balaban J connectivity index is 2.47. The summed E-state index contributed by atoms with van der Waals surface area (Å²) in [6, 6.07) is 3.44. The van der Waals surface area contributed by atoms with E-state index < -0.39 is 11.6 Å². The van der Waals surface area contributed by atoms with Gasteiger partial charge in [-0.25, -0.2) is 8.78 Å². The molecule has 0 bridgehead atoms. The van der Waals surface area contributed by atoms with E-state index in [1.165, 1.54) is 12.1 Å². The highest BCUT2D eigenvalue weighted by Gasteiger charge is 2.01. The summed E-state index contributed by atoms with van der Waals surface area (Å²) in [6.07, 6.45) is 6.48. The van der Waals surface area contributed by atoms with Crippen molar-refractivity contribution < 1.29 is 8.78 Å². The van der Waals surface area contributed by atoms with Crippen molar-refractivity contribution in [1.82, 2.24) is 0 Å². The van der Waals surface area contributed by atoms with Crippen LogP contribution in [0.25, 0.3) is 0 Å². The van der Waals surface area contributed by atoms with Gasteiger partial charge in [0.05, 0.1) is 5.69 Å². The van der Waals surface area contributed by atoms with Crippen LogP contribution in [0.2, 0.25) is 0 Å². The Labute approximate surface area is 82.1 Å². The molecule has 1 rings (SSSR count). The molecule has 14 heavy (non-hydrogen) atoms. The van der Waals surface area contributed by atoms with Gasteiger partial charge in [-0.05, 0) is 18.6 Å². The lowest BCUT2D eigenvalue weighted by Crippen LogP contribution is -2.03. The van der Waals surface area contributed by atoms with Crippen molar-refractivity contribution in [3.05, 3.63) is 29.8 Å². The van der Waals surface area contributed by atoms with Crippen LogP contribution in [0, 0.1) is 24.0 Å². The molecule has 0 aliphatic heterocycles. The first-order chi connectivity index (χ1) is 6.74. The highest BCUT2D eigenvalue weighted by Crippen LogP contribution is 2.14. The van der Waals surface area contributed by atoms with Gasteiger partial charge in [-0.3, -0.25) is 0 Å². The van der Waals surface area contributed by atoms with Crippen molar-refractivity contribution in [2.45, 2.75) is 12.8 Å². The van der Waals surface area contributed by atoms with Crippen LogP contribution in [0.1, 0.15) is 12.8 Å². The second-order valence-electron chi connectivity index (χ2n) is 2.86. The van der Waals surface area contributed by atoms with E-state index in [1.807, 2.05) is 0 Å². The maximum absolute atomic E-state index is 13.0. The van der Waals surface area contributed by atoms with E-state index in [-0.39, 0.29) is 0 Å². The fourth-order valence-electron chi connectivity index (χ4n) is 1.05. The highest BCUT2D eigenvalue weighted by atomic mass is 19.1. The molecule has 1 aromatic rings. The second kappa shape index (κ2) is 5.23. The fraction of sp³-hybridized carbons (Fsp3) is 0.273. The van der Waals surface area contributed by atoms with Crippen LogP contribution < -0.4 is 5.32 Å². The van der Waals surface area contributed by atoms with E-state index in [2.05, 4.69) is 11.2 Å². The Hall–Kier alpha value is -1.56. The molecule has 0 aromatic heterocycles. The lowest BCUT2D eigenvalue weighted by molar-refractivity contribution is 0.585. The third-order valence-electron chi connectivity index (χ3n) is 1.74. The summed E-state index contributed by atoms with van der Waals surface area (Å²) in [4.78, 5) is 0. The highest BCUT2D eigenvalue weighted by molar-refractivity contribution is 5.44. The molecule has 0 aliphatic rings. The summed E-state index contributed by atoms with van der Waals surface area (Å²) in [6.45, 7) is 0.590. The molecule has 0 atom stereocenters. The SMILES string of the molecule is C#CCCCNc1ccc(F)cc1F. The minimum absolute atomic E-state index is 0.309. The van der Waals surface area contributed by atoms with Gasteiger partial charge in [0.1, 0.15) is 11.6 Å². The van der Waals surface area contributed by atoms with Gasteiger partial charge in [0, 0.05) is 19.0 Å². The van der Waals surface area contributed by atoms with Gasteiger partial charge in [-0.2, -0.15) is 0 Å². The number of unbranched alkanes of at least 4 members (excludes halogenated alkanes) is 1. The quantitative estimate of drug-likeness (QED) is 0.575. The summed E-state index contributed by atoms with van der Waals surface area (Å²) in [7, 11) is 0. The second-order valence-corrected chi connectivity index (χ2v) is 2.86. The number of terminal acetylenes is 1. The van der Waals surface area contributed by atoms with E-state index in [1.54, 1.807) is 0 Å². The zero-order valence-corrected chi connectivity index (χ0v) is 7.69. The standard InChI is InChI=1S/C11H11F2N/c1-2-3-4-7-14-11-6-5-9(12)8-10(11)13/h1,5-6,8,14H,3-4,7H2. The van der Waals surface area contributed by atoms with Crippen LogP contribution in [0.3, 0.4) is 0 Å². The van der Waals surface area contributed by atoms with Crippen molar-refractivity contribution in [2.75, 3.05) is 11.9 Å². The first-order valence-corrected chi connectivity index (χ1v) is 4.36. The molecule has 74 valence electrons. The number of hydrogen-bond acceptors (Lipinski definition) is 1. The molecule has 1 nitrogen and oxygen atoms in total. The van der Waals surface area contributed by atoms with E-state index in [9.17, 15) is 8.78 Å². The van der Waals surface area contributed by atoms with Crippen LogP contribution in [0.5, 0.6) is 0 Å². The molecule has 0 heterocycles. The Kier molecular flexibility index (Phi) is 3.93. The summed E-state index contributed by atoms with van der Waals surface area (Å²) < 4.78 is 25.5. The number of rotatable bonds is 4. The van der Waals surface area contributed by atoms with Crippen molar-refractivity contribution in [3.8, 4) is 12.3 Å². The Morgan fingerprint density at radius 3 is 2.79 bits per heavy atom. The van der Waals surface area contributed by atoms with Crippen LogP contribution in [0.4, 0.5) is 14.5 Å². The van der Waals surface area contributed by atoms with Crippen LogP contribution in [0.15, 0.2) is 18.2 Å². The Morgan fingerprint density at radius 1 is 1.36 bits per heavy atom. The first-order valence-electron chi connectivity index (χ1n) is 4.36. The van der Waals surface area contributed by atoms with Gasteiger partial charge >= 0.3 is 0 Å². The maximum atomic E-state index is 13.0. The molecular weight excluding hydrogens is 184 g/mol. The molecule has 0 amide bonds. The molecule has 0 unspecified atom stereocenters. The number of nitrogens with one attached hydrogen (secondary N) is 1. The predicted molar refractivity (Wildman–Crippen MR) is 52.9 cm³/mol. The molecule has 0 fully saturated rings. The van der Waals surface area contributed by atoms with Gasteiger partial charge in [0.15, 0.2) is 0 Å². The van der Waals surface area contributed by atoms with Crippen molar-refractivity contribution in [1.29, 1.82) is 0 Å². The molecule has 0 aliphatic carbocycles. The molecule has 0 radical (unpaired) electrons. The summed E-state index contributed by atoms with van der Waals surface area (Å²) >= 11 is 0. The van der Waals surface area contributed by atoms with Crippen molar-refractivity contribution >= 4 is 5.69 Å². The maximum Gasteiger partial charge on any atom is 0.149 e. The normalized spacial score (nSPS) is 9.50. The summed E-state index contributed by atoms with van der Waals surface area (Å²) in [5.74, 6) is 1.33. The zero-order valence-electron chi connectivity index (χ0n) is 7.69. The van der Waals surface area contributed by atoms with E-state index in [0.29, 0.717) is 18.7 Å². The van der Waals surface area contributed by atoms with Crippen molar-refractivity contribution in [3.63, 3.8) is 0 Å². The Morgan fingerprint density at radius 2 is 2.14 bits per heavy atom. The van der Waals surface area contributed by atoms with E-state index in [0.717, 1.165) is 12.5 Å². The van der Waals surface area contributed by atoms with E-state index in [4.69, 9.17) is 6.42 Å². The van der Waals surface area contributed by atoms with Gasteiger partial charge in [-0.15, -0.1) is 12.3 Å². The average Bonchev–Trinajstić information content (AvgIpc) is 2.15. The molecule has 0 spiro atoms. The lowest BCUT2D eigenvalue weighted by atomic mass is 10.2. The molecule has 1 N–H and O–H groups in total. The Bertz CT molecular complexity index is 342. The first kappa shape index (κ1) is 10.5. The lowest BCUT2D eigenvalue weighted by Gasteiger charge is -2.05. The average molecular weight is 195 g/mol. The van der Waals surface area contributed by atoms with Crippen molar-refractivity contribution in [2.24, 2.45) is 0 Å². The number of halogens is 2. The van der Waals surface area contributed by atoms with Crippen LogP contribution in [-0.4, -0.2) is 6.54 Å². The topological polar surface area (TPSA) is 12.0 Å². The van der Waals surface area contributed by atoms with Gasteiger partial charge in [0.25, 0.3) is 0 Å². The van der Waals surface area contributed by atoms with Gasteiger partial charge in [0.2, 0.25) is 0 Å². The molecule has 0 saturated carbocycles. The number of benzene rings is 1. The van der Waals surface area contributed by atoms with Gasteiger partial charge < -0.3 is 5.32 Å². The minimum atomic E-state index is -0.578. The summed E-state index contributed by atoms with van der Waals surface area (Å²) in [5, 5.41) is 2.84. The zero-order chi connectivity index (χ0) is 10.4. The number of hydrogen-bond donors (Lipinski definition) is 1. The smallest absolute Gasteiger partial charge is 0.149 e. The molecule has 1 aromatic carbocycles. The van der Waals surface area contributed by atoms with Crippen LogP contribution >= 0.6 is 0 Å². The molecule has 3 heteroatoms. The molecule has 0 saturated heterocycles. The third kappa shape index (κ3) is 3.06.